The minimum absolute atomic E-state index is 0.0240. The average Bonchev–Trinajstić information content (AvgIpc) is 2.91. The standard InChI is InChI=1S/C11H13N5O2/c1-2-18-9-5-3-4-8(6-9)7-12-11(17)10-13-15-16-14-10/h3-6H,2,7H2,1H3,(H,12,17)(H,13,14,15,16). The zero-order valence-electron chi connectivity index (χ0n) is 9.88. The molecule has 7 nitrogen and oxygen atoms in total. The van der Waals surface area contributed by atoms with Crippen LogP contribution in [0.15, 0.2) is 24.3 Å². The highest BCUT2D eigenvalue weighted by molar-refractivity contribution is 5.89. The number of nitrogens with one attached hydrogen (secondary N) is 2. The fraction of sp³-hybridized carbons (Fsp3) is 0.273. The number of ether oxygens (including phenoxy) is 1. The first kappa shape index (κ1) is 12.0. The van der Waals surface area contributed by atoms with Gasteiger partial charge in [0, 0.05) is 6.54 Å². The molecule has 2 rings (SSSR count). The Morgan fingerprint density at radius 1 is 1.50 bits per heavy atom. The van der Waals surface area contributed by atoms with Crippen LogP contribution in [0, 0.1) is 0 Å². The van der Waals surface area contributed by atoms with Crippen LogP contribution in [0.5, 0.6) is 5.75 Å². The van der Waals surface area contributed by atoms with E-state index in [4.69, 9.17) is 4.74 Å². The van der Waals surface area contributed by atoms with Crippen molar-refractivity contribution in [2.45, 2.75) is 13.5 Å². The molecule has 7 heteroatoms. The number of aromatic amines is 1. The van der Waals surface area contributed by atoms with Crippen molar-refractivity contribution in [3.63, 3.8) is 0 Å². The molecular formula is C11H13N5O2. The first-order valence-electron chi connectivity index (χ1n) is 5.53. The summed E-state index contributed by atoms with van der Waals surface area (Å²) in [6, 6.07) is 7.52. The topological polar surface area (TPSA) is 92.8 Å². The smallest absolute Gasteiger partial charge is 0.293 e. The summed E-state index contributed by atoms with van der Waals surface area (Å²) >= 11 is 0. The van der Waals surface area contributed by atoms with Gasteiger partial charge in [-0.2, -0.15) is 5.21 Å². The lowest BCUT2D eigenvalue weighted by Gasteiger charge is -2.06. The van der Waals surface area contributed by atoms with Crippen LogP contribution in [-0.2, 0) is 6.54 Å². The van der Waals surface area contributed by atoms with Crippen molar-refractivity contribution in [1.82, 2.24) is 25.9 Å². The largest absolute Gasteiger partial charge is 0.494 e. The van der Waals surface area contributed by atoms with Gasteiger partial charge in [0.05, 0.1) is 6.61 Å². The molecule has 0 fully saturated rings. The monoisotopic (exact) mass is 247 g/mol. The fourth-order valence-corrected chi connectivity index (χ4v) is 1.43. The summed E-state index contributed by atoms with van der Waals surface area (Å²) in [7, 11) is 0. The molecule has 94 valence electrons. The van der Waals surface area contributed by atoms with E-state index in [1.54, 1.807) is 0 Å². The number of amides is 1. The number of hydrogen-bond donors (Lipinski definition) is 2. The van der Waals surface area contributed by atoms with E-state index in [1.807, 2.05) is 31.2 Å². The molecule has 1 aromatic carbocycles. The van der Waals surface area contributed by atoms with Crippen LogP contribution >= 0.6 is 0 Å². The van der Waals surface area contributed by atoms with Gasteiger partial charge in [-0.3, -0.25) is 4.79 Å². The third kappa shape index (κ3) is 3.03. The summed E-state index contributed by atoms with van der Waals surface area (Å²) in [5, 5.41) is 15.4. The van der Waals surface area contributed by atoms with E-state index in [1.165, 1.54) is 0 Å². The van der Waals surface area contributed by atoms with Gasteiger partial charge in [-0.1, -0.05) is 12.1 Å². The first-order chi connectivity index (χ1) is 8.79. The van der Waals surface area contributed by atoms with Gasteiger partial charge in [0.25, 0.3) is 11.7 Å². The number of carbonyl (C=O) groups excluding carboxylic acids is 1. The second-order valence-corrected chi connectivity index (χ2v) is 3.50. The van der Waals surface area contributed by atoms with E-state index in [2.05, 4.69) is 25.9 Å². The van der Waals surface area contributed by atoms with Crippen molar-refractivity contribution in [1.29, 1.82) is 0 Å². The number of benzene rings is 1. The van der Waals surface area contributed by atoms with Crippen LogP contribution in [0.1, 0.15) is 23.1 Å². The third-order valence-corrected chi connectivity index (χ3v) is 2.21. The Morgan fingerprint density at radius 3 is 3.11 bits per heavy atom. The van der Waals surface area contributed by atoms with Crippen molar-refractivity contribution >= 4 is 5.91 Å². The van der Waals surface area contributed by atoms with Crippen LogP contribution in [0.2, 0.25) is 0 Å². The molecule has 2 N–H and O–H groups in total. The number of carbonyl (C=O) groups is 1. The Hall–Kier alpha value is -2.44. The summed E-state index contributed by atoms with van der Waals surface area (Å²) < 4.78 is 5.37. The molecule has 0 bridgehead atoms. The highest BCUT2D eigenvalue weighted by Gasteiger charge is 2.09. The molecule has 1 heterocycles. The Labute approximate surface area is 104 Å². The lowest BCUT2D eigenvalue weighted by Crippen LogP contribution is -2.24. The number of H-pyrrole nitrogens is 1. The zero-order chi connectivity index (χ0) is 12.8. The van der Waals surface area contributed by atoms with Gasteiger partial charge in [0.1, 0.15) is 5.75 Å². The SMILES string of the molecule is CCOc1cccc(CNC(=O)c2nn[nH]n2)c1. The van der Waals surface area contributed by atoms with Crippen molar-refractivity contribution in [3.8, 4) is 5.75 Å². The molecular weight excluding hydrogens is 234 g/mol. The van der Waals surface area contributed by atoms with E-state index in [0.29, 0.717) is 13.2 Å². The molecule has 0 aliphatic heterocycles. The molecule has 18 heavy (non-hydrogen) atoms. The van der Waals surface area contributed by atoms with E-state index < -0.39 is 0 Å². The molecule has 0 radical (unpaired) electrons. The van der Waals surface area contributed by atoms with Crippen molar-refractivity contribution in [2.75, 3.05) is 6.61 Å². The average molecular weight is 247 g/mol. The number of rotatable bonds is 5. The van der Waals surface area contributed by atoms with Gasteiger partial charge >= 0.3 is 0 Å². The Morgan fingerprint density at radius 2 is 2.39 bits per heavy atom. The fourth-order valence-electron chi connectivity index (χ4n) is 1.43. The maximum atomic E-state index is 11.6. The minimum atomic E-state index is -0.370. The first-order valence-corrected chi connectivity index (χ1v) is 5.53. The zero-order valence-corrected chi connectivity index (χ0v) is 9.88. The van der Waals surface area contributed by atoms with Gasteiger partial charge in [0.2, 0.25) is 0 Å². The normalized spacial score (nSPS) is 10.1. The van der Waals surface area contributed by atoms with Crippen LogP contribution in [0.4, 0.5) is 0 Å². The summed E-state index contributed by atoms with van der Waals surface area (Å²) in [5.41, 5.74) is 0.942. The van der Waals surface area contributed by atoms with E-state index in [-0.39, 0.29) is 11.7 Å². The predicted octanol–water partition coefficient (Wildman–Crippen LogP) is 0.528. The Kier molecular flexibility index (Phi) is 3.85. The highest BCUT2D eigenvalue weighted by Crippen LogP contribution is 2.12. The molecule has 1 aromatic heterocycles. The van der Waals surface area contributed by atoms with Gasteiger partial charge in [-0.05, 0) is 29.8 Å². The number of tetrazole rings is 1. The summed E-state index contributed by atoms with van der Waals surface area (Å²) in [6.07, 6.45) is 0. The van der Waals surface area contributed by atoms with Gasteiger partial charge < -0.3 is 10.1 Å². The van der Waals surface area contributed by atoms with Crippen LogP contribution in [0.25, 0.3) is 0 Å². The van der Waals surface area contributed by atoms with E-state index in [9.17, 15) is 4.79 Å². The third-order valence-electron chi connectivity index (χ3n) is 2.21. The highest BCUT2D eigenvalue weighted by atomic mass is 16.5. The molecule has 0 atom stereocenters. The summed E-state index contributed by atoms with van der Waals surface area (Å²) in [4.78, 5) is 11.6. The maximum absolute atomic E-state index is 11.6. The summed E-state index contributed by atoms with van der Waals surface area (Å²) in [5.74, 6) is 0.435. The van der Waals surface area contributed by atoms with E-state index in [0.717, 1.165) is 11.3 Å². The minimum Gasteiger partial charge on any atom is -0.494 e. The number of hydrogen-bond acceptors (Lipinski definition) is 5. The van der Waals surface area contributed by atoms with Crippen molar-refractivity contribution < 1.29 is 9.53 Å². The Balaban J connectivity index is 1.93. The predicted molar refractivity (Wildman–Crippen MR) is 63.0 cm³/mol. The Bertz CT molecular complexity index is 512. The van der Waals surface area contributed by atoms with Crippen LogP contribution in [-0.4, -0.2) is 33.1 Å². The maximum Gasteiger partial charge on any atom is 0.293 e. The molecule has 0 aliphatic rings. The quantitative estimate of drug-likeness (QED) is 0.803. The molecule has 0 spiro atoms. The second-order valence-electron chi connectivity index (χ2n) is 3.50. The number of nitrogens with zero attached hydrogens (tertiary/aromatic N) is 3. The van der Waals surface area contributed by atoms with Gasteiger partial charge in [-0.15, -0.1) is 10.2 Å². The van der Waals surface area contributed by atoms with Gasteiger partial charge in [0.15, 0.2) is 0 Å². The lowest BCUT2D eigenvalue weighted by molar-refractivity contribution is 0.0940. The second kappa shape index (κ2) is 5.76. The molecule has 0 unspecified atom stereocenters. The van der Waals surface area contributed by atoms with Crippen LogP contribution in [0.3, 0.4) is 0 Å². The molecule has 1 amide bonds. The van der Waals surface area contributed by atoms with Gasteiger partial charge in [-0.25, -0.2) is 0 Å². The van der Waals surface area contributed by atoms with Crippen molar-refractivity contribution in [3.05, 3.63) is 35.7 Å². The van der Waals surface area contributed by atoms with E-state index >= 15 is 0 Å². The molecule has 2 aromatic rings. The molecule has 0 saturated heterocycles. The summed E-state index contributed by atoms with van der Waals surface area (Å²) in [6.45, 7) is 2.91. The molecule has 0 saturated carbocycles. The molecule has 0 aliphatic carbocycles. The number of aromatic nitrogens is 4. The van der Waals surface area contributed by atoms with Crippen molar-refractivity contribution in [2.24, 2.45) is 0 Å². The lowest BCUT2D eigenvalue weighted by atomic mass is 10.2. The van der Waals surface area contributed by atoms with Crippen LogP contribution < -0.4 is 10.1 Å².